The van der Waals surface area contributed by atoms with Gasteiger partial charge in [0.1, 0.15) is 6.33 Å². The highest BCUT2D eigenvalue weighted by Gasteiger charge is 2.19. The molecule has 0 aliphatic heterocycles. The second-order valence-electron chi connectivity index (χ2n) is 4.92. The highest BCUT2D eigenvalue weighted by Crippen LogP contribution is 2.23. The molecule has 1 heterocycles. The summed E-state index contributed by atoms with van der Waals surface area (Å²) in [5.74, 6) is 0. The van der Waals surface area contributed by atoms with Crippen LogP contribution in [0.25, 0.3) is 11.0 Å². The minimum absolute atomic E-state index is 0.264. The summed E-state index contributed by atoms with van der Waals surface area (Å²) < 4.78 is 27.7. The van der Waals surface area contributed by atoms with Crippen LogP contribution in [0.15, 0.2) is 47.6 Å². The quantitative estimate of drug-likeness (QED) is 0.606. The lowest BCUT2D eigenvalue weighted by Gasteiger charge is -2.08. The van der Waals surface area contributed by atoms with Gasteiger partial charge >= 0.3 is 0 Å². The smallest absolute Gasteiger partial charge is 0.236 e. The van der Waals surface area contributed by atoms with Crippen LogP contribution < -0.4 is 0 Å². The lowest BCUT2D eigenvalue weighted by Crippen LogP contribution is -2.11. The monoisotopic (exact) mass is 412 g/mol. The van der Waals surface area contributed by atoms with Crippen molar-refractivity contribution in [1.29, 1.82) is 0 Å². The molecule has 1 aromatic heterocycles. The second kappa shape index (κ2) is 5.10. The van der Waals surface area contributed by atoms with Crippen LogP contribution in [0, 0.1) is 17.4 Å². The number of hydrogen-bond acceptors (Lipinski definition) is 3. The second-order valence-corrected chi connectivity index (χ2v) is 7.99. The van der Waals surface area contributed by atoms with Gasteiger partial charge in [-0.25, -0.2) is 17.4 Å². The first-order chi connectivity index (χ1) is 9.89. The summed E-state index contributed by atoms with van der Waals surface area (Å²) in [7, 11) is -3.62. The molecule has 108 valence electrons. The number of aromatic nitrogens is 2. The Labute approximate surface area is 137 Å². The van der Waals surface area contributed by atoms with E-state index in [1.807, 2.05) is 26.0 Å². The summed E-state index contributed by atoms with van der Waals surface area (Å²) in [6.45, 7) is 3.95. The predicted octanol–water partition coefficient (Wildman–Crippen LogP) is 3.49. The molecule has 0 unspecified atom stereocenters. The van der Waals surface area contributed by atoms with E-state index in [0.29, 0.717) is 11.0 Å². The third kappa shape index (κ3) is 2.46. The molecule has 0 bridgehead atoms. The maximum Gasteiger partial charge on any atom is 0.269 e. The van der Waals surface area contributed by atoms with E-state index in [-0.39, 0.29) is 4.90 Å². The van der Waals surface area contributed by atoms with Gasteiger partial charge in [0, 0.05) is 3.57 Å². The average molecular weight is 412 g/mol. The molecule has 2 aromatic carbocycles. The van der Waals surface area contributed by atoms with Crippen LogP contribution in [0.2, 0.25) is 0 Å². The topological polar surface area (TPSA) is 52.0 Å². The first-order valence-corrected chi connectivity index (χ1v) is 8.87. The molecule has 3 aromatic rings. The number of rotatable bonds is 2. The van der Waals surface area contributed by atoms with E-state index in [4.69, 9.17) is 0 Å². The van der Waals surface area contributed by atoms with Crippen LogP contribution in [-0.4, -0.2) is 17.4 Å². The molecule has 6 heteroatoms. The van der Waals surface area contributed by atoms with E-state index < -0.39 is 10.0 Å². The highest BCUT2D eigenvalue weighted by molar-refractivity contribution is 14.1. The Morgan fingerprint density at radius 2 is 1.67 bits per heavy atom. The molecular weight excluding hydrogens is 399 g/mol. The van der Waals surface area contributed by atoms with Crippen molar-refractivity contribution in [1.82, 2.24) is 8.96 Å². The van der Waals surface area contributed by atoms with E-state index >= 15 is 0 Å². The SMILES string of the molecule is Cc1cc2ncn(S(=O)(=O)c3ccc(I)cc3)c2cc1C. The van der Waals surface area contributed by atoms with E-state index in [2.05, 4.69) is 27.6 Å². The maximum atomic E-state index is 12.7. The van der Waals surface area contributed by atoms with Gasteiger partial charge in [0.15, 0.2) is 0 Å². The standard InChI is InChI=1S/C15H13IN2O2S/c1-10-7-14-15(8-11(10)2)18(9-17-14)21(19,20)13-5-3-12(16)4-6-13/h3-9H,1-2H3. The molecule has 0 N–H and O–H groups in total. The van der Waals surface area contributed by atoms with Crippen LogP contribution in [0.1, 0.15) is 11.1 Å². The van der Waals surface area contributed by atoms with Crippen molar-refractivity contribution in [2.45, 2.75) is 18.7 Å². The Morgan fingerprint density at radius 3 is 2.33 bits per heavy atom. The van der Waals surface area contributed by atoms with Gasteiger partial charge in [-0.2, -0.15) is 0 Å². The molecule has 0 radical (unpaired) electrons. The van der Waals surface area contributed by atoms with E-state index in [1.54, 1.807) is 24.3 Å². The lowest BCUT2D eigenvalue weighted by atomic mass is 10.1. The number of halogens is 1. The largest absolute Gasteiger partial charge is 0.269 e. The van der Waals surface area contributed by atoms with Gasteiger partial charge in [-0.15, -0.1) is 0 Å². The first kappa shape index (κ1) is 14.5. The van der Waals surface area contributed by atoms with Crippen molar-refractivity contribution in [2.24, 2.45) is 0 Å². The summed E-state index contributed by atoms with van der Waals surface area (Å²) in [5, 5.41) is 0. The van der Waals surface area contributed by atoms with E-state index in [9.17, 15) is 8.42 Å². The van der Waals surface area contributed by atoms with Gasteiger partial charge in [-0.3, -0.25) is 0 Å². The molecule has 0 saturated carbocycles. The molecule has 0 amide bonds. The first-order valence-electron chi connectivity index (χ1n) is 6.35. The zero-order chi connectivity index (χ0) is 15.2. The fraction of sp³-hybridized carbons (Fsp3) is 0.133. The fourth-order valence-corrected chi connectivity index (χ4v) is 3.80. The highest BCUT2D eigenvalue weighted by atomic mass is 127. The number of benzene rings is 2. The Balaban J connectivity index is 2.24. The number of hydrogen-bond donors (Lipinski definition) is 0. The summed E-state index contributed by atoms with van der Waals surface area (Å²) in [4.78, 5) is 4.48. The van der Waals surface area contributed by atoms with Crippen molar-refractivity contribution in [3.8, 4) is 0 Å². The van der Waals surface area contributed by atoms with Crippen LogP contribution in [0.4, 0.5) is 0 Å². The summed E-state index contributed by atoms with van der Waals surface area (Å²) in [6, 6.07) is 10.6. The Hall–Kier alpha value is -1.41. The molecular formula is C15H13IN2O2S. The van der Waals surface area contributed by atoms with Gasteiger partial charge < -0.3 is 0 Å². The predicted molar refractivity (Wildman–Crippen MR) is 90.9 cm³/mol. The average Bonchev–Trinajstić information content (AvgIpc) is 2.83. The molecule has 3 rings (SSSR count). The van der Waals surface area contributed by atoms with Crippen LogP contribution in [0.3, 0.4) is 0 Å². The summed E-state index contributed by atoms with van der Waals surface area (Å²) in [5.41, 5.74) is 3.44. The molecule has 0 aliphatic rings. The molecule has 21 heavy (non-hydrogen) atoms. The summed E-state index contributed by atoms with van der Waals surface area (Å²) >= 11 is 2.15. The molecule has 0 spiro atoms. The molecule has 0 fully saturated rings. The van der Waals surface area contributed by atoms with Gasteiger partial charge in [0.05, 0.1) is 15.9 Å². The van der Waals surface area contributed by atoms with Crippen LogP contribution >= 0.6 is 22.6 Å². The molecule has 4 nitrogen and oxygen atoms in total. The third-order valence-electron chi connectivity index (χ3n) is 3.50. The zero-order valence-electron chi connectivity index (χ0n) is 11.5. The number of imidazole rings is 1. The number of aryl methyl sites for hydroxylation is 2. The van der Waals surface area contributed by atoms with E-state index in [0.717, 1.165) is 14.7 Å². The minimum Gasteiger partial charge on any atom is -0.236 e. The normalized spacial score (nSPS) is 12.0. The van der Waals surface area contributed by atoms with Crippen LogP contribution in [-0.2, 0) is 10.0 Å². The van der Waals surface area contributed by atoms with Gasteiger partial charge in [0.2, 0.25) is 0 Å². The zero-order valence-corrected chi connectivity index (χ0v) is 14.5. The summed E-state index contributed by atoms with van der Waals surface area (Å²) in [6.07, 6.45) is 1.37. The Bertz CT molecular complexity index is 928. The number of nitrogens with zero attached hydrogens (tertiary/aromatic N) is 2. The Morgan fingerprint density at radius 1 is 1.05 bits per heavy atom. The lowest BCUT2D eigenvalue weighted by molar-refractivity contribution is 0.588. The van der Waals surface area contributed by atoms with Gasteiger partial charge in [-0.1, -0.05) is 0 Å². The molecule has 0 atom stereocenters. The van der Waals surface area contributed by atoms with E-state index in [1.165, 1.54) is 10.3 Å². The van der Waals surface area contributed by atoms with Crippen molar-refractivity contribution in [3.63, 3.8) is 0 Å². The maximum absolute atomic E-state index is 12.7. The minimum atomic E-state index is -3.62. The van der Waals surface area contributed by atoms with Gasteiger partial charge in [-0.05, 0) is 84.0 Å². The molecule has 0 aliphatic carbocycles. The van der Waals surface area contributed by atoms with Crippen molar-refractivity contribution in [2.75, 3.05) is 0 Å². The molecule has 0 saturated heterocycles. The van der Waals surface area contributed by atoms with Crippen molar-refractivity contribution in [3.05, 3.63) is 57.4 Å². The fourth-order valence-electron chi connectivity index (χ4n) is 2.15. The van der Waals surface area contributed by atoms with Crippen molar-refractivity contribution < 1.29 is 8.42 Å². The van der Waals surface area contributed by atoms with Crippen molar-refractivity contribution >= 4 is 43.6 Å². The Kier molecular flexibility index (Phi) is 3.53. The van der Waals surface area contributed by atoms with Gasteiger partial charge in [0.25, 0.3) is 10.0 Å². The number of fused-ring (bicyclic) bond motifs is 1. The third-order valence-corrected chi connectivity index (χ3v) is 5.90. The van der Waals surface area contributed by atoms with Crippen LogP contribution in [0.5, 0.6) is 0 Å².